The maximum absolute atomic E-state index is 12.3. The van der Waals surface area contributed by atoms with E-state index in [0.717, 1.165) is 19.3 Å². The van der Waals surface area contributed by atoms with Crippen molar-refractivity contribution in [3.8, 4) is 0 Å². The molecule has 1 aromatic rings. The molecule has 116 valence electrons. The van der Waals surface area contributed by atoms with E-state index in [-0.39, 0.29) is 11.9 Å². The van der Waals surface area contributed by atoms with Gasteiger partial charge in [-0.15, -0.1) is 11.3 Å². The normalized spacial score (nSPS) is 22.3. The fourth-order valence-electron chi connectivity index (χ4n) is 3.00. The minimum Gasteiger partial charge on any atom is -0.481 e. The van der Waals surface area contributed by atoms with Crippen molar-refractivity contribution in [3.63, 3.8) is 0 Å². The summed E-state index contributed by atoms with van der Waals surface area (Å²) in [5, 5.41) is 9.20. The van der Waals surface area contributed by atoms with Gasteiger partial charge in [-0.1, -0.05) is 0 Å². The Morgan fingerprint density at radius 3 is 2.81 bits per heavy atom. The molecule has 2 rings (SSSR count). The van der Waals surface area contributed by atoms with Crippen molar-refractivity contribution < 1.29 is 14.7 Å². The first-order valence-corrected chi connectivity index (χ1v) is 8.38. The number of rotatable bonds is 5. The van der Waals surface area contributed by atoms with E-state index in [0.29, 0.717) is 19.4 Å². The molecule has 1 amide bonds. The number of likely N-dealkylation sites (tertiary alicyclic amines) is 1. The number of aliphatic carboxylic acids is 1. The van der Waals surface area contributed by atoms with Crippen LogP contribution in [-0.4, -0.2) is 34.5 Å². The molecule has 0 aliphatic carbocycles. The van der Waals surface area contributed by atoms with Crippen molar-refractivity contribution in [1.29, 1.82) is 0 Å². The van der Waals surface area contributed by atoms with Gasteiger partial charge < -0.3 is 10.0 Å². The zero-order chi connectivity index (χ0) is 15.4. The number of carboxylic acid groups (broad SMARTS) is 1. The number of carboxylic acids is 1. The summed E-state index contributed by atoms with van der Waals surface area (Å²) in [6.07, 6.45) is 3.73. The van der Waals surface area contributed by atoms with Crippen LogP contribution in [0.15, 0.2) is 12.1 Å². The van der Waals surface area contributed by atoms with Crippen molar-refractivity contribution >= 4 is 23.2 Å². The second-order valence-corrected chi connectivity index (χ2v) is 7.15. The molecule has 0 unspecified atom stereocenters. The van der Waals surface area contributed by atoms with Crippen molar-refractivity contribution in [2.24, 2.45) is 5.92 Å². The molecule has 1 fully saturated rings. The number of aryl methyl sites for hydroxylation is 2. The average Bonchev–Trinajstić information content (AvgIpc) is 2.84. The Kier molecular flexibility index (Phi) is 5.39. The van der Waals surface area contributed by atoms with Gasteiger partial charge in [0.05, 0.1) is 5.92 Å². The fraction of sp³-hybridized carbons (Fsp3) is 0.625. The van der Waals surface area contributed by atoms with E-state index in [1.54, 1.807) is 16.2 Å². The van der Waals surface area contributed by atoms with Gasteiger partial charge in [-0.25, -0.2) is 0 Å². The molecular formula is C16H23NO3S. The Morgan fingerprint density at radius 1 is 1.43 bits per heavy atom. The third-order valence-electron chi connectivity index (χ3n) is 4.24. The lowest BCUT2D eigenvalue weighted by Crippen LogP contribution is -2.49. The predicted octanol–water partition coefficient (Wildman–Crippen LogP) is 3.09. The summed E-state index contributed by atoms with van der Waals surface area (Å²) in [5.41, 5.74) is 0. The van der Waals surface area contributed by atoms with Crippen molar-refractivity contribution in [3.05, 3.63) is 21.9 Å². The lowest BCUT2D eigenvalue weighted by Gasteiger charge is -2.37. The fourth-order valence-corrected chi connectivity index (χ4v) is 3.93. The molecular weight excluding hydrogens is 286 g/mol. The molecule has 1 aliphatic rings. The quantitative estimate of drug-likeness (QED) is 0.909. The second-order valence-electron chi connectivity index (χ2n) is 5.78. The molecule has 0 spiro atoms. The Hall–Kier alpha value is -1.36. The Labute approximate surface area is 129 Å². The second kappa shape index (κ2) is 7.07. The number of nitrogens with zero attached hydrogens (tertiary/aromatic N) is 1. The van der Waals surface area contributed by atoms with Crippen LogP contribution in [0, 0.1) is 12.8 Å². The molecule has 0 radical (unpaired) electrons. The maximum atomic E-state index is 12.3. The molecule has 1 N–H and O–H groups in total. The number of carbonyl (C=O) groups is 2. The Balaban J connectivity index is 1.83. The highest BCUT2D eigenvalue weighted by Gasteiger charge is 2.34. The van der Waals surface area contributed by atoms with Crippen LogP contribution in [0.25, 0.3) is 0 Å². The van der Waals surface area contributed by atoms with E-state index in [9.17, 15) is 14.7 Å². The van der Waals surface area contributed by atoms with Gasteiger partial charge >= 0.3 is 5.97 Å². The van der Waals surface area contributed by atoms with Crippen LogP contribution in [0.3, 0.4) is 0 Å². The van der Waals surface area contributed by atoms with E-state index in [1.807, 2.05) is 6.92 Å². The Morgan fingerprint density at radius 2 is 2.19 bits per heavy atom. The number of carbonyl (C=O) groups excluding carboxylic acids is 1. The standard InChI is InChI=1S/C16H23NO3S/c1-11-8-9-13(21-11)5-3-7-15(18)17-10-4-6-14(12(17)2)16(19)20/h8-9,12,14H,3-7,10H2,1-2H3,(H,19,20)/t12-,14-/m1/s1. The smallest absolute Gasteiger partial charge is 0.308 e. The summed E-state index contributed by atoms with van der Waals surface area (Å²) in [5.74, 6) is -1.10. The molecule has 2 atom stereocenters. The monoisotopic (exact) mass is 309 g/mol. The lowest BCUT2D eigenvalue weighted by atomic mass is 9.90. The highest BCUT2D eigenvalue weighted by molar-refractivity contribution is 7.11. The summed E-state index contributed by atoms with van der Waals surface area (Å²) in [6, 6.07) is 4.04. The third kappa shape index (κ3) is 4.06. The molecule has 0 saturated carbocycles. The van der Waals surface area contributed by atoms with Crippen molar-refractivity contribution in [2.75, 3.05) is 6.54 Å². The summed E-state index contributed by atoms with van der Waals surface area (Å²) >= 11 is 1.78. The van der Waals surface area contributed by atoms with E-state index in [4.69, 9.17) is 0 Å². The highest BCUT2D eigenvalue weighted by atomic mass is 32.1. The van der Waals surface area contributed by atoms with E-state index in [1.165, 1.54) is 9.75 Å². The first kappa shape index (κ1) is 16.0. The van der Waals surface area contributed by atoms with Gasteiger partial charge in [0, 0.05) is 28.8 Å². The molecule has 0 bridgehead atoms. The van der Waals surface area contributed by atoms with Crippen LogP contribution in [0.4, 0.5) is 0 Å². The topological polar surface area (TPSA) is 57.6 Å². The molecule has 5 heteroatoms. The third-order valence-corrected chi connectivity index (χ3v) is 5.30. The number of thiophene rings is 1. The lowest BCUT2D eigenvalue weighted by molar-refractivity contribution is -0.149. The van der Waals surface area contributed by atoms with Crippen LogP contribution < -0.4 is 0 Å². The zero-order valence-corrected chi connectivity index (χ0v) is 13.5. The maximum Gasteiger partial charge on any atom is 0.308 e. The molecule has 0 aromatic carbocycles. The van der Waals surface area contributed by atoms with Gasteiger partial charge in [0.15, 0.2) is 0 Å². The van der Waals surface area contributed by atoms with Crippen LogP contribution in [0.2, 0.25) is 0 Å². The first-order chi connectivity index (χ1) is 9.99. The van der Waals surface area contributed by atoms with Gasteiger partial charge in [-0.05, 0) is 51.7 Å². The van der Waals surface area contributed by atoms with Crippen molar-refractivity contribution in [1.82, 2.24) is 4.90 Å². The molecule has 1 aromatic heterocycles. The average molecular weight is 309 g/mol. The highest BCUT2D eigenvalue weighted by Crippen LogP contribution is 2.25. The zero-order valence-electron chi connectivity index (χ0n) is 12.7. The van der Waals surface area contributed by atoms with Gasteiger partial charge in [-0.2, -0.15) is 0 Å². The van der Waals surface area contributed by atoms with E-state index in [2.05, 4.69) is 19.1 Å². The summed E-state index contributed by atoms with van der Waals surface area (Å²) < 4.78 is 0. The SMILES string of the molecule is Cc1ccc(CCCC(=O)N2CCC[C@@H](C(=O)O)[C@H]2C)s1. The molecule has 2 heterocycles. The molecule has 1 saturated heterocycles. The van der Waals surface area contributed by atoms with Gasteiger partial charge in [0.1, 0.15) is 0 Å². The van der Waals surface area contributed by atoms with Crippen LogP contribution in [0.1, 0.15) is 42.4 Å². The number of hydrogen-bond donors (Lipinski definition) is 1. The van der Waals surface area contributed by atoms with Crippen LogP contribution in [-0.2, 0) is 16.0 Å². The summed E-state index contributed by atoms with van der Waals surface area (Å²) in [7, 11) is 0. The van der Waals surface area contributed by atoms with Gasteiger partial charge in [-0.3, -0.25) is 9.59 Å². The summed E-state index contributed by atoms with van der Waals surface area (Å²) in [6.45, 7) is 4.64. The molecule has 21 heavy (non-hydrogen) atoms. The largest absolute Gasteiger partial charge is 0.481 e. The Bertz CT molecular complexity index is 511. The first-order valence-electron chi connectivity index (χ1n) is 7.56. The number of piperidine rings is 1. The molecule has 1 aliphatic heterocycles. The van der Waals surface area contributed by atoms with Crippen LogP contribution in [0.5, 0.6) is 0 Å². The number of amides is 1. The van der Waals surface area contributed by atoms with Crippen LogP contribution >= 0.6 is 11.3 Å². The minimum absolute atomic E-state index is 0.0988. The predicted molar refractivity (Wildman–Crippen MR) is 83.5 cm³/mol. The minimum atomic E-state index is -0.783. The van der Waals surface area contributed by atoms with E-state index < -0.39 is 11.9 Å². The van der Waals surface area contributed by atoms with E-state index >= 15 is 0 Å². The van der Waals surface area contributed by atoms with Crippen molar-refractivity contribution in [2.45, 2.75) is 52.0 Å². The number of hydrogen-bond acceptors (Lipinski definition) is 3. The molecule has 4 nitrogen and oxygen atoms in total. The summed E-state index contributed by atoms with van der Waals surface area (Å²) in [4.78, 5) is 27.9. The van der Waals surface area contributed by atoms with Gasteiger partial charge in [0.25, 0.3) is 0 Å². The van der Waals surface area contributed by atoms with Gasteiger partial charge in [0.2, 0.25) is 5.91 Å².